The molecule has 22 heavy (non-hydrogen) atoms. The van der Waals surface area contributed by atoms with E-state index in [1.54, 1.807) is 0 Å². The van der Waals surface area contributed by atoms with Gasteiger partial charge in [-0.05, 0) is 25.7 Å². The molecule has 0 unspecified atom stereocenters. The topological polar surface area (TPSA) is 0 Å². The van der Waals surface area contributed by atoms with Gasteiger partial charge in [0.1, 0.15) is 0 Å². The third-order valence-electron chi connectivity index (χ3n) is 3.94. The van der Waals surface area contributed by atoms with E-state index in [0.717, 1.165) is 0 Å². The molecule has 0 aromatic heterocycles. The van der Waals surface area contributed by atoms with Crippen LogP contribution in [0.3, 0.4) is 0 Å². The highest BCUT2D eigenvalue weighted by Crippen LogP contribution is 2.16. The molecule has 0 aliphatic heterocycles. The molecule has 3 heteroatoms. The van der Waals surface area contributed by atoms with Crippen molar-refractivity contribution in [1.29, 1.82) is 0 Å². The van der Waals surface area contributed by atoms with Crippen LogP contribution in [-0.2, 0) is 0 Å². The van der Waals surface area contributed by atoms with E-state index in [2.05, 4.69) is 47.3 Å². The first-order valence-corrected chi connectivity index (χ1v) is 12.6. The average molecular weight is 335 g/mol. The van der Waals surface area contributed by atoms with Gasteiger partial charge < -0.3 is 9.19 Å². The molecule has 0 rings (SSSR count). The average Bonchev–Trinajstić information content (AvgIpc) is 2.45. The van der Waals surface area contributed by atoms with Crippen LogP contribution in [0.1, 0.15) is 79.1 Å². The third kappa shape index (κ3) is 18.2. The Morgan fingerprint density at radius 2 is 0.727 bits per heavy atom. The SMILES string of the molecule is CCCC[N+](CCCC)(CCCC)CCCC.C[Si](C)C.[F-]. The van der Waals surface area contributed by atoms with Gasteiger partial charge in [0.25, 0.3) is 0 Å². The molecule has 1 nitrogen and oxygen atoms in total. The van der Waals surface area contributed by atoms with Crippen LogP contribution in [0.5, 0.6) is 0 Å². The van der Waals surface area contributed by atoms with Crippen molar-refractivity contribution < 1.29 is 9.19 Å². The predicted octanol–water partition coefficient (Wildman–Crippen LogP) is 3.38. The van der Waals surface area contributed by atoms with Crippen LogP contribution in [0, 0.1) is 0 Å². The Morgan fingerprint density at radius 3 is 0.864 bits per heavy atom. The fraction of sp³-hybridized carbons (Fsp3) is 1.00. The number of halogens is 1. The monoisotopic (exact) mass is 334 g/mol. The lowest BCUT2D eigenvalue weighted by Crippen LogP contribution is -3.00. The molecule has 0 heterocycles. The normalized spacial score (nSPS) is 10.9. The molecular formula is C19H45FNSi. The van der Waals surface area contributed by atoms with Crippen molar-refractivity contribution >= 4 is 8.80 Å². The van der Waals surface area contributed by atoms with E-state index < -0.39 is 0 Å². The molecule has 0 bridgehead atoms. The van der Waals surface area contributed by atoms with Crippen molar-refractivity contribution in [2.24, 2.45) is 0 Å². The molecule has 0 fully saturated rings. The molecule has 0 amide bonds. The highest BCUT2D eigenvalue weighted by atomic mass is 28.3. The summed E-state index contributed by atoms with van der Waals surface area (Å²) in [5.74, 6) is 0. The summed E-state index contributed by atoms with van der Waals surface area (Å²) in [6, 6.07) is 0. The first-order chi connectivity index (χ1) is 9.97. The van der Waals surface area contributed by atoms with E-state index in [4.69, 9.17) is 0 Å². The fourth-order valence-electron chi connectivity index (χ4n) is 2.64. The zero-order valence-electron chi connectivity index (χ0n) is 16.8. The largest absolute Gasteiger partial charge is 1.00 e. The van der Waals surface area contributed by atoms with Gasteiger partial charge in [0.2, 0.25) is 0 Å². The number of quaternary nitrogens is 1. The molecule has 1 radical (unpaired) electrons. The van der Waals surface area contributed by atoms with E-state index in [1.165, 1.54) is 82.0 Å². The smallest absolute Gasteiger partial charge is 0.0786 e. The number of hydrogen-bond acceptors (Lipinski definition) is 0. The van der Waals surface area contributed by atoms with Crippen LogP contribution in [0.25, 0.3) is 0 Å². The van der Waals surface area contributed by atoms with Gasteiger partial charge in [0, 0.05) is 8.80 Å². The summed E-state index contributed by atoms with van der Waals surface area (Å²) in [7, 11) is 0.120. The van der Waals surface area contributed by atoms with Gasteiger partial charge in [-0.15, -0.1) is 0 Å². The van der Waals surface area contributed by atoms with Crippen LogP contribution < -0.4 is 4.70 Å². The lowest BCUT2D eigenvalue weighted by Gasteiger charge is -2.39. The minimum absolute atomic E-state index is 0. The second-order valence-corrected chi connectivity index (χ2v) is 10.2. The zero-order chi connectivity index (χ0) is 16.6. The Labute approximate surface area is 143 Å². The summed E-state index contributed by atoms with van der Waals surface area (Å²) in [5.41, 5.74) is 0. The van der Waals surface area contributed by atoms with Crippen LogP contribution in [-0.4, -0.2) is 39.5 Å². The van der Waals surface area contributed by atoms with Crippen molar-refractivity contribution in [1.82, 2.24) is 0 Å². The van der Waals surface area contributed by atoms with Crippen LogP contribution in [0.4, 0.5) is 0 Å². The summed E-state index contributed by atoms with van der Waals surface area (Å²) in [6.45, 7) is 21.8. The summed E-state index contributed by atoms with van der Waals surface area (Å²) >= 11 is 0. The van der Waals surface area contributed by atoms with E-state index >= 15 is 0 Å². The zero-order valence-corrected chi connectivity index (χ0v) is 17.8. The molecule has 0 aromatic carbocycles. The minimum atomic E-state index is 0. The van der Waals surface area contributed by atoms with Crippen LogP contribution >= 0.6 is 0 Å². The molecule has 0 saturated carbocycles. The van der Waals surface area contributed by atoms with Gasteiger partial charge in [-0.1, -0.05) is 73.0 Å². The van der Waals surface area contributed by atoms with Crippen molar-refractivity contribution in [2.45, 2.75) is 98.7 Å². The Balaban J connectivity index is -0.000000640. The molecule has 0 aliphatic carbocycles. The Morgan fingerprint density at radius 1 is 0.545 bits per heavy atom. The summed E-state index contributed by atoms with van der Waals surface area (Å²) < 4.78 is 1.42. The van der Waals surface area contributed by atoms with Gasteiger partial charge >= 0.3 is 0 Å². The second kappa shape index (κ2) is 19.2. The molecule has 0 spiro atoms. The number of nitrogens with zero attached hydrogens (tertiary/aromatic N) is 1. The standard InChI is InChI=1S/C16H36N.C3H9Si.FH/c1-5-9-13-17(14-10-6-2,15-11-7-3)16-12-8-4;1-4(2)3;/h5-16H2,1-4H3;1-3H3;1H/q+1;;/p-1. The minimum Gasteiger partial charge on any atom is -1.00 e. The number of rotatable bonds is 12. The number of unbranched alkanes of at least 4 members (excludes halogenated alkanes) is 4. The lowest BCUT2D eigenvalue weighted by atomic mass is 10.1. The van der Waals surface area contributed by atoms with Crippen molar-refractivity contribution in [3.8, 4) is 0 Å². The Kier molecular flexibility index (Phi) is 23.5. The van der Waals surface area contributed by atoms with E-state index in [-0.39, 0.29) is 13.5 Å². The number of hydrogen-bond donors (Lipinski definition) is 0. The molecule has 0 saturated heterocycles. The van der Waals surface area contributed by atoms with E-state index in [1.807, 2.05) is 0 Å². The summed E-state index contributed by atoms with van der Waals surface area (Å²) in [4.78, 5) is 0. The van der Waals surface area contributed by atoms with Crippen molar-refractivity contribution in [3.63, 3.8) is 0 Å². The Hall–Kier alpha value is 0.107. The predicted molar refractivity (Wildman–Crippen MR) is 103 cm³/mol. The van der Waals surface area contributed by atoms with Crippen LogP contribution in [0.15, 0.2) is 0 Å². The Bertz CT molecular complexity index is 158. The summed E-state index contributed by atoms with van der Waals surface area (Å²) in [5, 5.41) is 0. The van der Waals surface area contributed by atoms with Crippen molar-refractivity contribution in [2.75, 3.05) is 26.2 Å². The third-order valence-corrected chi connectivity index (χ3v) is 3.94. The maximum absolute atomic E-state index is 2.33. The molecule has 0 atom stereocenters. The van der Waals surface area contributed by atoms with E-state index in [0.29, 0.717) is 0 Å². The molecule has 0 aromatic rings. The lowest BCUT2D eigenvalue weighted by molar-refractivity contribution is -0.929. The highest BCUT2D eigenvalue weighted by Gasteiger charge is 2.24. The first-order valence-electron chi connectivity index (χ1n) is 9.59. The summed E-state index contributed by atoms with van der Waals surface area (Å²) in [6.07, 6.45) is 11.1. The van der Waals surface area contributed by atoms with E-state index in [9.17, 15) is 0 Å². The van der Waals surface area contributed by atoms with Gasteiger partial charge in [0.15, 0.2) is 0 Å². The fourth-order valence-corrected chi connectivity index (χ4v) is 2.64. The molecule has 137 valence electrons. The second-order valence-electron chi connectivity index (χ2n) is 7.15. The van der Waals surface area contributed by atoms with Crippen LogP contribution in [0.2, 0.25) is 19.6 Å². The molecule has 0 N–H and O–H groups in total. The molecule has 0 aliphatic rings. The van der Waals surface area contributed by atoms with Gasteiger partial charge in [-0.25, -0.2) is 0 Å². The van der Waals surface area contributed by atoms with Crippen molar-refractivity contribution in [3.05, 3.63) is 0 Å². The maximum Gasteiger partial charge on any atom is 0.0786 e. The molecular weight excluding hydrogens is 289 g/mol. The quantitative estimate of drug-likeness (QED) is 0.379. The first kappa shape index (κ1) is 27.0. The maximum atomic E-state index is 2.33. The highest BCUT2D eigenvalue weighted by molar-refractivity contribution is 6.54. The van der Waals surface area contributed by atoms with Gasteiger partial charge in [-0.2, -0.15) is 0 Å². The van der Waals surface area contributed by atoms with Gasteiger partial charge in [-0.3, -0.25) is 0 Å². The van der Waals surface area contributed by atoms with Gasteiger partial charge in [0.05, 0.1) is 26.2 Å².